The van der Waals surface area contributed by atoms with Gasteiger partial charge in [-0.1, -0.05) is 19.8 Å². The van der Waals surface area contributed by atoms with Crippen molar-refractivity contribution in [3.63, 3.8) is 0 Å². The zero-order valence-electron chi connectivity index (χ0n) is 7.12. The molecule has 2 atom stereocenters. The summed E-state index contributed by atoms with van der Waals surface area (Å²) in [4.78, 5) is 0. The van der Waals surface area contributed by atoms with E-state index < -0.39 is 11.7 Å². The van der Waals surface area contributed by atoms with Crippen molar-refractivity contribution < 1.29 is 13.2 Å². The van der Waals surface area contributed by atoms with Gasteiger partial charge in [0.15, 0.2) is 0 Å². The highest BCUT2D eigenvalue weighted by Crippen LogP contribution is 2.46. The smallest absolute Gasteiger partial charge is 0.317 e. The predicted molar refractivity (Wildman–Crippen MR) is 40.6 cm³/mol. The van der Waals surface area contributed by atoms with Gasteiger partial charge in [-0.3, -0.25) is 0 Å². The van der Waals surface area contributed by atoms with Gasteiger partial charge in [0, 0.05) is 0 Å². The van der Waals surface area contributed by atoms with E-state index in [4.69, 9.17) is 5.73 Å². The molecule has 12 heavy (non-hydrogen) atoms. The summed E-state index contributed by atoms with van der Waals surface area (Å²) in [6, 6.07) is 0. The Hall–Kier alpha value is -0.250. The van der Waals surface area contributed by atoms with Gasteiger partial charge >= 0.3 is 6.18 Å². The lowest BCUT2D eigenvalue weighted by Crippen LogP contribution is -2.55. The third-order valence-corrected chi connectivity index (χ3v) is 2.89. The standard InChI is InChI=1S/C8H14F3N/c1-2-6-4-3-5-7(6,12)8(9,10)11/h6H,2-5,12H2,1H3. The fourth-order valence-corrected chi connectivity index (χ4v) is 2.04. The molecule has 0 saturated heterocycles. The second-order valence-corrected chi connectivity index (χ2v) is 3.54. The van der Waals surface area contributed by atoms with E-state index in [9.17, 15) is 13.2 Å². The number of hydrogen-bond donors (Lipinski definition) is 1. The van der Waals surface area contributed by atoms with Crippen molar-refractivity contribution in [1.82, 2.24) is 0 Å². The Labute approximate surface area is 70.1 Å². The number of halogens is 3. The molecule has 72 valence electrons. The zero-order valence-corrected chi connectivity index (χ0v) is 7.12. The van der Waals surface area contributed by atoms with Crippen LogP contribution in [0.1, 0.15) is 32.6 Å². The molecule has 1 saturated carbocycles. The van der Waals surface area contributed by atoms with Crippen LogP contribution in [0.15, 0.2) is 0 Å². The molecule has 1 rings (SSSR count). The molecule has 4 heteroatoms. The van der Waals surface area contributed by atoms with Gasteiger partial charge in [-0.05, 0) is 18.8 Å². The highest BCUT2D eigenvalue weighted by Gasteiger charge is 2.57. The summed E-state index contributed by atoms with van der Waals surface area (Å²) in [6.45, 7) is 1.77. The Balaban J connectivity index is 2.82. The minimum absolute atomic E-state index is 0.0923. The molecule has 2 N–H and O–H groups in total. The van der Waals surface area contributed by atoms with E-state index in [0.717, 1.165) is 0 Å². The Bertz CT molecular complexity index is 166. The maximum atomic E-state index is 12.5. The summed E-state index contributed by atoms with van der Waals surface area (Å²) in [5, 5.41) is 0. The summed E-state index contributed by atoms with van der Waals surface area (Å²) in [5.41, 5.74) is 3.46. The summed E-state index contributed by atoms with van der Waals surface area (Å²) >= 11 is 0. The second kappa shape index (κ2) is 2.91. The van der Waals surface area contributed by atoms with Gasteiger partial charge in [0.2, 0.25) is 0 Å². The molecule has 1 aliphatic carbocycles. The van der Waals surface area contributed by atoms with Crippen molar-refractivity contribution in [3.8, 4) is 0 Å². The Kier molecular flexibility index (Phi) is 2.38. The van der Waals surface area contributed by atoms with E-state index in [-0.39, 0.29) is 12.3 Å². The maximum Gasteiger partial charge on any atom is 0.406 e. The van der Waals surface area contributed by atoms with Crippen LogP contribution >= 0.6 is 0 Å². The van der Waals surface area contributed by atoms with Crippen LogP contribution < -0.4 is 5.73 Å². The fraction of sp³-hybridized carbons (Fsp3) is 1.00. The van der Waals surface area contributed by atoms with Gasteiger partial charge in [-0.2, -0.15) is 13.2 Å². The van der Waals surface area contributed by atoms with Gasteiger partial charge in [-0.15, -0.1) is 0 Å². The van der Waals surface area contributed by atoms with Crippen molar-refractivity contribution >= 4 is 0 Å². The molecule has 0 heterocycles. The van der Waals surface area contributed by atoms with Crippen LogP contribution in [-0.4, -0.2) is 11.7 Å². The van der Waals surface area contributed by atoms with Crippen LogP contribution in [0.3, 0.4) is 0 Å². The van der Waals surface area contributed by atoms with E-state index in [0.29, 0.717) is 19.3 Å². The summed E-state index contributed by atoms with van der Waals surface area (Å²) in [7, 11) is 0. The molecule has 0 aromatic rings. The van der Waals surface area contributed by atoms with Crippen molar-refractivity contribution in [2.75, 3.05) is 0 Å². The van der Waals surface area contributed by atoms with Crippen LogP contribution in [0.2, 0.25) is 0 Å². The first-order valence-corrected chi connectivity index (χ1v) is 4.27. The quantitative estimate of drug-likeness (QED) is 0.660. The Morgan fingerprint density at radius 3 is 2.42 bits per heavy atom. The van der Waals surface area contributed by atoms with Gasteiger partial charge in [0.1, 0.15) is 5.54 Å². The lowest BCUT2D eigenvalue weighted by molar-refractivity contribution is -0.195. The minimum atomic E-state index is -4.23. The topological polar surface area (TPSA) is 26.0 Å². The van der Waals surface area contributed by atoms with Crippen LogP contribution in [0, 0.1) is 5.92 Å². The molecule has 0 aromatic carbocycles. The van der Waals surface area contributed by atoms with E-state index in [1.165, 1.54) is 0 Å². The summed E-state index contributed by atoms with van der Waals surface area (Å²) < 4.78 is 37.4. The summed E-state index contributed by atoms with van der Waals surface area (Å²) in [6.07, 6.45) is -2.39. The second-order valence-electron chi connectivity index (χ2n) is 3.54. The molecular weight excluding hydrogens is 167 g/mol. The first-order valence-electron chi connectivity index (χ1n) is 4.27. The zero-order chi connectivity index (χ0) is 9.41. The molecular formula is C8H14F3N. The van der Waals surface area contributed by atoms with Crippen molar-refractivity contribution in [2.45, 2.75) is 44.3 Å². The SMILES string of the molecule is CCC1CCCC1(N)C(F)(F)F. The Morgan fingerprint density at radius 2 is 2.08 bits per heavy atom. The van der Waals surface area contributed by atoms with E-state index >= 15 is 0 Å². The van der Waals surface area contributed by atoms with Gasteiger partial charge in [0.25, 0.3) is 0 Å². The molecule has 0 aromatic heterocycles. The molecule has 0 radical (unpaired) electrons. The lowest BCUT2D eigenvalue weighted by atomic mass is 9.85. The number of hydrogen-bond acceptors (Lipinski definition) is 1. The van der Waals surface area contributed by atoms with E-state index in [1.54, 1.807) is 6.92 Å². The molecule has 1 aliphatic rings. The van der Waals surface area contributed by atoms with Crippen molar-refractivity contribution in [1.29, 1.82) is 0 Å². The largest absolute Gasteiger partial charge is 0.406 e. The third-order valence-electron chi connectivity index (χ3n) is 2.89. The van der Waals surface area contributed by atoms with Crippen molar-refractivity contribution in [2.24, 2.45) is 11.7 Å². The van der Waals surface area contributed by atoms with Crippen molar-refractivity contribution in [3.05, 3.63) is 0 Å². The Morgan fingerprint density at radius 1 is 1.50 bits per heavy atom. The highest BCUT2D eigenvalue weighted by atomic mass is 19.4. The lowest BCUT2D eigenvalue weighted by Gasteiger charge is -2.32. The third kappa shape index (κ3) is 1.32. The van der Waals surface area contributed by atoms with E-state index in [1.807, 2.05) is 0 Å². The van der Waals surface area contributed by atoms with Crippen LogP contribution in [-0.2, 0) is 0 Å². The summed E-state index contributed by atoms with van der Waals surface area (Å²) in [5.74, 6) is -0.377. The van der Waals surface area contributed by atoms with Crippen LogP contribution in [0.5, 0.6) is 0 Å². The molecule has 2 unspecified atom stereocenters. The van der Waals surface area contributed by atoms with E-state index in [2.05, 4.69) is 0 Å². The number of rotatable bonds is 1. The molecule has 0 spiro atoms. The highest BCUT2D eigenvalue weighted by molar-refractivity contribution is 5.01. The predicted octanol–water partition coefficient (Wildman–Crippen LogP) is 2.46. The fourth-order valence-electron chi connectivity index (χ4n) is 2.04. The average Bonchev–Trinajstić information content (AvgIpc) is 2.30. The van der Waals surface area contributed by atoms with Gasteiger partial charge in [-0.25, -0.2) is 0 Å². The van der Waals surface area contributed by atoms with Crippen LogP contribution in [0.4, 0.5) is 13.2 Å². The average molecular weight is 181 g/mol. The first-order chi connectivity index (χ1) is 5.42. The normalized spacial score (nSPS) is 37.2. The molecule has 0 amide bonds. The number of nitrogens with two attached hydrogens (primary N) is 1. The monoisotopic (exact) mass is 181 g/mol. The maximum absolute atomic E-state index is 12.5. The van der Waals surface area contributed by atoms with Crippen LogP contribution in [0.25, 0.3) is 0 Å². The first kappa shape index (κ1) is 9.84. The molecule has 0 bridgehead atoms. The molecule has 1 nitrogen and oxygen atoms in total. The minimum Gasteiger partial charge on any atom is -0.317 e. The molecule has 1 fully saturated rings. The van der Waals surface area contributed by atoms with Gasteiger partial charge in [0.05, 0.1) is 0 Å². The van der Waals surface area contributed by atoms with Gasteiger partial charge < -0.3 is 5.73 Å². The number of alkyl halides is 3. The molecule has 0 aliphatic heterocycles.